The number of halogens is 2. The average molecular weight is 605 g/mol. The fourth-order valence-electron chi connectivity index (χ4n) is 4.57. The molecule has 0 spiro atoms. The number of ether oxygens (including phenoxy) is 2. The molecule has 0 saturated carbocycles. The summed E-state index contributed by atoms with van der Waals surface area (Å²) in [7, 11) is 0. The summed E-state index contributed by atoms with van der Waals surface area (Å²) in [5.74, 6) is -0.919. The van der Waals surface area contributed by atoms with Gasteiger partial charge >= 0.3 is 12.2 Å². The van der Waals surface area contributed by atoms with Crippen LogP contribution in [0.1, 0.15) is 22.3 Å². The van der Waals surface area contributed by atoms with E-state index in [2.05, 4.69) is 10.6 Å². The highest BCUT2D eigenvalue weighted by molar-refractivity contribution is 5.68. The van der Waals surface area contributed by atoms with Crippen molar-refractivity contribution in [1.29, 1.82) is 0 Å². The van der Waals surface area contributed by atoms with Crippen LogP contribution in [0, 0.1) is 11.6 Å². The second-order valence-corrected chi connectivity index (χ2v) is 10.3. The highest BCUT2D eigenvalue weighted by Crippen LogP contribution is 2.17. The average Bonchev–Trinajstić information content (AvgIpc) is 3.04. The van der Waals surface area contributed by atoms with E-state index in [1.165, 1.54) is 48.5 Å². The van der Waals surface area contributed by atoms with E-state index in [-0.39, 0.29) is 26.1 Å². The third-order valence-corrected chi connectivity index (χ3v) is 6.94. The molecule has 0 fully saturated rings. The van der Waals surface area contributed by atoms with Gasteiger partial charge in [0.2, 0.25) is 0 Å². The molecule has 10 heteroatoms. The summed E-state index contributed by atoms with van der Waals surface area (Å²) in [5.41, 5.74) is 2.62. The summed E-state index contributed by atoms with van der Waals surface area (Å²) in [6, 6.07) is 26.7. The molecule has 0 bridgehead atoms. The maximum Gasteiger partial charge on any atom is 0.407 e. The lowest BCUT2D eigenvalue weighted by atomic mass is 9.91. The van der Waals surface area contributed by atoms with Crippen LogP contribution < -0.4 is 10.6 Å². The van der Waals surface area contributed by atoms with Crippen LogP contribution in [0.3, 0.4) is 0 Å². The third kappa shape index (κ3) is 10.2. The molecule has 0 aliphatic carbocycles. The molecule has 0 aliphatic heterocycles. The fourth-order valence-corrected chi connectivity index (χ4v) is 4.57. The van der Waals surface area contributed by atoms with E-state index < -0.39 is 48.1 Å². The molecule has 1 unspecified atom stereocenters. The number of alkyl carbamates (subject to hydrolysis) is 2. The van der Waals surface area contributed by atoms with Gasteiger partial charge < -0.3 is 30.3 Å². The van der Waals surface area contributed by atoms with Gasteiger partial charge in [-0.3, -0.25) is 0 Å². The molecule has 0 heterocycles. The molecule has 2 amide bonds. The van der Waals surface area contributed by atoms with Crippen LogP contribution in [0.25, 0.3) is 0 Å². The van der Waals surface area contributed by atoms with Gasteiger partial charge in [-0.05, 0) is 59.4 Å². The predicted molar refractivity (Wildman–Crippen MR) is 159 cm³/mol. The first-order chi connectivity index (χ1) is 21.3. The molecule has 230 valence electrons. The number of carbonyl (C=O) groups excluding carboxylic acids is 2. The van der Waals surface area contributed by atoms with Gasteiger partial charge in [-0.15, -0.1) is 0 Å². The third-order valence-electron chi connectivity index (χ3n) is 6.94. The largest absolute Gasteiger partial charge is 0.445 e. The van der Waals surface area contributed by atoms with E-state index >= 15 is 0 Å². The molecule has 4 atom stereocenters. The molecule has 0 aromatic heterocycles. The Balaban J connectivity index is 1.50. The Bertz CT molecular complexity index is 1340. The van der Waals surface area contributed by atoms with Gasteiger partial charge in [-0.25, -0.2) is 18.4 Å². The zero-order valence-corrected chi connectivity index (χ0v) is 23.8. The van der Waals surface area contributed by atoms with Gasteiger partial charge in [0.05, 0.1) is 12.1 Å². The minimum Gasteiger partial charge on any atom is -0.445 e. The summed E-state index contributed by atoms with van der Waals surface area (Å²) in [6.45, 7) is -0.0623. The van der Waals surface area contributed by atoms with E-state index in [1.807, 2.05) is 12.1 Å². The molecule has 0 radical (unpaired) electrons. The summed E-state index contributed by atoms with van der Waals surface area (Å²) in [6.07, 6.45) is -4.97. The summed E-state index contributed by atoms with van der Waals surface area (Å²) in [5, 5.41) is 28.0. The zero-order chi connectivity index (χ0) is 31.3. The van der Waals surface area contributed by atoms with E-state index in [4.69, 9.17) is 9.47 Å². The van der Waals surface area contributed by atoms with Crippen LogP contribution in [-0.4, -0.2) is 46.7 Å². The monoisotopic (exact) mass is 604 g/mol. The van der Waals surface area contributed by atoms with E-state index in [1.54, 1.807) is 48.5 Å². The molecule has 8 nitrogen and oxygen atoms in total. The summed E-state index contributed by atoms with van der Waals surface area (Å²) in [4.78, 5) is 25.6. The maximum atomic E-state index is 13.6. The van der Waals surface area contributed by atoms with Gasteiger partial charge in [0, 0.05) is 0 Å². The van der Waals surface area contributed by atoms with Crippen LogP contribution >= 0.6 is 0 Å². The quantitative estimate of drug-likeness (QED) is 0.170. The Kier molecular flexibility index (Phi) is 11.8. The van der Waals surface area contributed by atoms with Crippen LogP contribution in [0.4, 0.5) is 18.4 Å². The van der Waals surface area contributed by atoms with Crippen LogP contribution in [0.15, 0.2) is 109 Å². The van der Waals surface area contributed by atoms with Crippen molar-refractivity contribution in [2.45, 2.75) is 50.3 Å². The molecule has 0 saturated heterocycles. The predicted octanol–water partition coefficient (Wildman–Crippen LogP) is 5.06. The lowest BCUT2D eigenvalue weighted by Crippen LogP contribution is -2.57. The van der Waals surface area contributed by atoms with E-state index in [0.29, 0.717) is 11.1 Å². The van der Waals surface area contributed by atoms with Gasteiger partial charge in [0.1, 0.15) is 37.1 Å². The fraction of sp³-hybridized carbons (Fsp3) is 0.235. The molecule has 4 N–H and O–H groups in total. The van der Waals surface area contributed by atoms with E-state index in [9.17, 15) is 28.6 Å². The highest BCUT2D eigenvalue weighted by atomic mass is 19.1. The number of benzene rings is 4. The second kappa shape index (κ2) is 16.2. The Morgan fingerprint density at radius 1 is 0.545 bits per heavy atom. The SMILES string of the molecule is O=C(NC(Cc1ccc(F)cc1)[C@H](O)[C@@H](O)[C@@H](Cc1ccc(F)cc1)NC(=O)OCc1ccccc1)OCc1ccccc1. The molecule has 44 heavy (non-hydrogen) atoms. The molecular weight excluding hydrogens is 570 g/mol. The van der Waals surface area contributed by atoms with Crippen molar-refractivity contribution in [2.75, 3.05) is 0 Å². The van der Waals surface area contributed by atoms with Crippen molar-refractivity contribution >= 4 is 12.2 Å². The van der Waals surface area contributed by atoms with Gasteiger partial charge in [0.15, 0.2) is 0 Å². The van der Waals surface area contributed by atoms with Gasteiger partial charge in [0.25, 0.3) is 0 Å². The lowest BCUT2D eigenvalue weighted by Gasteiger charge is -2.32. The van der Waals surface area contributed by atoms with Gasteiger partial charge in [-0.2, -0.15) is 0 Å². The van der Waals surface area contributed by atoms with Crippen molar-refractivity contribution in [3.8, 4) is 0 Å². The summed E-state index contributed by atoms with van der Waals surface area (Å²) >= 11 is 0. The number of carbonyl (C=O) groups is 2. The molecule has 4 rings (SSSR count). The number of hydrogen-bond donors (Lipinski definition) is 4. The zero-order valence-electron chi connectivity index (χ0n) is 23.8. The minimum absolute atomic E-state index is 0.000660. The number of rotatable bonds is 13. The van der Waals surface area contributed by atoms with Crippen molar-refractivity contribution in [3.63, 3.8) is 0 Å². The standard InChI is InChI=1S/C34H34F2N2O6/c35-27-15-11-23(12-16-27)19-29(37-33(41)43-21-25-7-3-1-4-8-25)31(39)32(40)30(20-24-13-17-28(36)18-14-24)38-34(42)44-22-26-9-5-2-6-10-26/h1-18,29-32,39-40H,19-22H2,(H,37,41)(H,38,42)/t29-,30?,31+,32+/m1/s1. The Hall–Kier alpha value is -4.80. The number of hydrogen-bond acceptors (Lipinski definition) is 6. The minimum atomic E-state index is -1.63. The molecule has 0 aliphatic rings. The van der Waals surface area contributed by atoms with Crippen molar-refractivity contribution < 1.29 is 38.1 Å². The smallest absolute Gasteiger partial charge is 0.407 e. The topological polar surface area (TPSA) is 117 Å². The van der Waals surface area contributed by atoms with Crippen LogP contribution in [-0.2, 0) is 35.5 Å². The van der Waals surface area contributed by atoms with Gasteiger partial charge in [-0.1, -0.05) is 84.9 Å². The Morgan fingerprint density at radius 2 is 0.886 bits per heavy atom. The Labute approximate surface area is 254 Å². The first kappa shape index (κ1) is 32.1. The molecule has 4 aromatic rings. The van der Waals surface area contributed by atoms with Crippen LogP contribution in [0.5, 0.6) is 0 Å². The first-order valence-electron chi connectivity index (χ1n) is 14.1. The number of aliphatic hydroxyl groups is 2. The van der Waals surface area contributed by atoms with Crippen molar-refractivity contribution in [2.24, 2.45) is 0 Å². The molecule has 4 aromatic carbocycles. The Morgan fingerprint density at radius 3 is 1.23 bits per heavy atom. The maximum absolute atomic E-state index is 13.6. The lowest BCUT2D eigenvalue weighted by molar-refractivity contribution is -0.0240. The number of amides is 2. The van der Waals surface area contributed by atoms with Crippen molar-refractivity contribution in [1.82, 2.24) is 10.6 Å². The van der Waals surface area contributed by atoms with Crippen LogP contribution in [0.2, 0.25) is 0 Å². The first-order valence-corrected chi connectivity index (χ1v) is 14.1. The highest BCUT2D eigenvalue weighted by Gasteiger charge is 2.35. The summed E-state index contributed by atoms with van der Waals surface area (Å²) < 4.78 is 37.8. The number of aliphatic hydroxyl groups excluding tert-OH is 2. The normalized spacial score (nSPS) is 13.6. The van der Waals surface area contributed by atoms with Crippen molar-refractivity contribution in [3.05, 3.63) is 143 Å². The second-order valence-electron chi connectivity index (χ2n) is 10.3. The molecular formula is C34H34F2N2O6. The number of nitrogens with one attached hydrogen (secondary N) is 2. The van der Waals surface area contributed by atoms with E-state index in [0.717, 1.165) is 11.1 Å².